The molecule has 0 saturated heterocycles. The maximum atomic E-state index is 12.2. The van der Waals surface area contributed by atoms with Gasteiger partial charge in [-0.3, -0.25) is 4.79 Å². The third-order valence-corrected chi connectivity index (χ3v) is 3.54. The number of carbonyl (C=O) groups excluding carboxylic acids is 1. The van der Waals surface area contributed by atoms with Crippen molar-refractivity contribution in [1.82, 2.24) is 0 Å². The second kappa shape index (κ2) is 5.97. The summed E-state index contributed by atoms with van der Waals surface area (Å²) in [6, 6.07) is 9.49. The molecule has 1 aromatic rings. The molecule has 0 radical (unpaired) electrons. The minimum atomic E-state index is -0.662. The van der Waals surface area contributed by atoms with Crippen molar-refractivity contribution in [3.05, 3.63) is 34.3 Å². The zero-order valence-corrected chi connectivity index (χ0v) is 11.9. The van der Waals surface area contributed by atoms with Crippen molar-refractivity contribution >= 4 is 21.7 Å². The van der Waals surface area contributed by atoms with Gasteiger partial charge in [0.1, 0.15) is 5.92 Å². The largest absolute Gasteiger partial charge is 0.298 e. The summed E-state index contributed by atoms with van der Waals surface area (Å²) in [7, 11) is 0. The van der Waals surface area contributed by atoms with E-state index in [-0.39, 0.29) is 17.6 Å². The molecule has 0 heterocycles. The van der Waals surface area contributed by atoms with Gasteiger partial charge >= 0.3 is 0 Å². The summed E-state index contributed by atoms with van der Waals surface area (Å²) in [5, 5.41) is 9.19. The Balaban J connectivity index is 3.01. The highest BCUT2D eigenvalue weighted by Gasteiger charge is 2.27. The molecule has 2 atom stereocenters. The highest BCUT2D eigenvalue weighted by Crippen LogP contribution is 2.25. The molecule has 0 saturated carbocycles. The van der Waals surface area contributed by atoms with Crippen molar-refractivity contribution in [2.75, 3.05) is 0 Å². The lowest BCUT2D eigenvalue weighted by Crippen LogP contribution is -2.23. The molecule has 0 N–H and O–H groups in total. The number of nitriles is 1. The van der Waals surface area contributed by atoms with Gasteiger partial charge in [-0.05, 0) is 23.6 Å². The topological polar surface area (TPSA) is 40.9 Å². The van der Waals surface area contributed by atoms with Crippen LogP contribution in [0.3, 0.4) is 0 Å². The molecule has 0 fully saturated rings. The van der Waals surface area contributed by atoms with Crippen molar-refractivity contribution < 1.29 is 4.79 Å². The number of rotatable bonds is 4. The molecule has 0 aliphatic rings. The van der Waals surface area contributed by atoms with Gasteiger partial charge < -0.3 is 0 Å². The minimum absolute atomic E-state index is 0.000556. The molecule has 2 unspecified atom stereocenters. The molecule has 1 rings (SSSR count). The molecule has 1 aromatic carbocycles. The van der Waals surface area contributed by atoms with Crippen LogP contribution in [-0.4, -0.2) is 5.78 Å². The Hall–Kier alpha value is -1.14. The van der Waals surface area contributed by atoms with Crippen LogP contribution in [0.1, 0.15) is 32.3 Å². The van der Waals surface area contributed by atoms with Crippen LogP contribution in [0.4, 0.5) is 0 Å². The molecule has 0 bridgehead atoms. The van der Waals surface area contributed by atoms with Crippen molar-refractivity contribution in [1.29, 1.82) is 5.26 Å². The van der Waals surface area contributed by atoms with E-state index in [1.165, 1.54) is 0 Å². The van der Waals surface area contributed by atoms with Crippen LogP contribution in [0.2, 0.25) is 0 Å². The SMILES string of the molecule is CC(C)C(C)C(=O)C(C#N)c1cccc(Br)c1. The molecule has 17 heavy (non-hydrogen) atoms. The zero-order valence-electron chi connectivity index (χ0n) is 10.3. The maximum Gasteiger partial charge on any atom is 0.157 e. The van der Waals surface area contributed by atoms with Gasteiger partial charge in [0.05, 0.1) is 6.07 Å². The summed E-state index contributed by atoms with van der Waals surface area (Å²) < 4.78 is 0.889. The van der Waals surface area contributed by atoms with E-state index in [0.717, 1.165) is 10.0 Å². The van der Waals surface area contributed by atoms with Crippen LogP contribution in [0.15, 0.2) is 28.7 Å². The lowest BCUT2D eigenvalue weighted by Gasteiger charge is -2.17. The van der Waals surface area contributed by atoms with E-state index in [1.807, 2.05) is 45.0 Å². The monoisotopic (exact) mass is 293 g/mol. The van der Waals surface area contributed by atoms with Crippen LogP contribution in [0.25, 0.3) is 0 Å². The number of Topliss-reactive ketones (excluding diaryl/α,β-unsaturated/α-hetero) is 1. The van der Waals surface area contributed by atoms with E-state index < -0.39 is 5.92 Å². The molecule has 0 aliphatic carbocycles. The van der Waals surface area contributed by atoms with Gasteiger partial charge in [0.25, 0.3) is 0 Å². The van der Waals surface area contributed by atoms with Gasteiger partial charge in [-0.25, -0.2) is 0 Å². The number of benzene rings is 1. The summed E-state index contributed by atoms with van der Waals surface area (Å²) in [5.74, 6) is -0.505. The molecule has 2 nitrogen and oxygen atoms in total. The second-order valence-electron chi connectivity index (χ2n) is 4.55. The first-order chi connectivity index (χ1) is 7.97. The molecular formula is C14H16BrNO. The molecule has 0 amide bonds. The predicted molar refractivity (Wildman–Crippen MR) is 71.5 cm³/mol. The summed E-state index contributed by atoms with van der Waals surface area (Å²) in [6.45, 7) is 5.88. The maximum absolute atomic E-state index is 12.2. The predicted octanol–water partition coefficient (Wildman–Crippen LogP) is 3.92. The number of ketones is 1. The summed E-state index contributed by atoms with van der Waals surface area (Å²) in [5.41, 5.74) is 0.763. The standard InChI is InChI=1S/C14H16BrNO/c1-9(2)10(3)14(17)13(8-16)11-5-4-6-12(15)7-11/h4-7,9-10,13H,1-3H3. The van der Waals surface area contributed by atoms with Gasteiger partial charge in [-0.15, -0.1) is 0 Å². The number of nitrogens with zero attached hydrogens (tertiary/aromatic N) is 1. The first-order valence-corrected chi connectivity index (χ1v) is 6.45. The third kappa shape index (κ3) is 3.41. The number of carbonyl (C=O) groups is 1. The average Bonchev–Trinajstić information content (AvgIpc) is 2.28. The van der Waals surface area contributed by atoms with Gasteiger partial charge in [0, 0.05) is 10.4 Å². The Morgan fingerprint density at radius 2 is 2.00 bits per heavy atom. The Morgan fingerprint density at radius 1 is 1.35 bits per heavy atom. The van der Waals surface area contributed by atoms with E-state index in [4.69, 9.17) is 0 Å². The van der Waals surface area contributed by atoms with Gasteiger partial charge in [-0.2, -0.15) is 5.26 Å². The lowest BCUT2D eigenvalue weighted by atomic mass is 9.84. The molecule has 0 spiro atoms. The fourth-order valence-corrected chi connectivity index (χ4v) is 2.00. The van der Waals surface area contributed by atoms with E-state index >= 15 is 0 Å². The number of hydrogen-bond donors (Lipinski definition) is 0. The van der Waals surface area contributed by atoms with Crippen molar-refractivity contribution in [2.45, 2.75) is 26.7 Å². The summed E-state index contributed by atoms with van der Waals surface area (Å²) in [6.07, 6.45) is 0. The van der Waals surface area contributed by atoms with Gasteiger partial charge in [0.15, 0.2) is 5.78 Å². The number of halogens is 1. The van der Waals surface area contributed by atoms with Crippen molar-refractivity contribution in [3.8, 4) is 6.07 Å². The van der Waals surface area contributed by atoms with Crippen molar-refractivity contribution in [3.63, 3.8) is 0 Å². The van der Waals surface area contributed by atoms with Crippen molar-refractivity contribution in [2.24, 2.45) is 11.8 Å². The summed E-state index contributed by atoms with van der Waals surface area (Å²) >= 11 is 3.35. The molecule has 0 aromatic heterocycles. The number of hydrogen-bond acceptors (Lipinski definition) is 2. The quantitative estimate of drug-likeness (QED) is 0.844. The molecule has 0 aliphatic heterocycles. The summed E-state index contributed by atoms with van der Waals surface area (Å²) in [4.78, 5) is 12.2. The Labute approximate surface area is 111 Å². The highest BCUT2D eigenvalue weighted by molar-refractivity contribution is 9.10. The second-order valence-corrected chi connectivity index (χ2v) is 5.47. The van der Waals surface area contributed by atoms with E-state index in [9.17, 15) is 10.1 Å². The normalized spacial score (nSPS) is 14.1. The Morgan fingerprint density at radius 3 is 2.47 bits per heavy atom. The Kier molecular flexibility index (Phi) is 4.89. The molecule has 3 heteroatoms. The lowest BCUT2D eigenvalue weighted by molar-refractivity contribution is -0.123. The highest BCUT2D eigenvalue weighted by atomic mass is 79.9. The minimum Gasteiger partial charge on any atom is -0.298 e. The fraction of sp³-hybridized carbons (Fsp3) is 0.429. The smallest absolute Gasteiger partial charge is 0.157 e. The van der Waals surface area contributed by atoms with Crippen LogP contribution in [0.5, 0.6) is 0 Å². The van der Waals surface area contributed by atoms with Crippen LogP contribution in [-0.2, 0) is 4.79 Å². The van der Waals surface area contributed by atoms with E-state index in [0.29, 0.717) is 0 Å². The average molecular weight is 294 g/mol. The first-order valence-electron chi connectivity index (χ1n) is 5.66. The Bertz CT molecular complexity index is 448. The zero-order chi connectivity index (χ0) is 13.0. The van der Waals surface area contributed by atoms with Crippen LogP contribution < -0.4 is 0 Å². The fourth-order valence-electron chi connectivity index (χ4n) is 1.58. The van der Waals surface area contributed by atoms with E-state index in [2.05, 4.69) is 22.0 Å². The van der Waals surface area contributed by atoms with Gasteiger partial charge in [-0.1, -0.05) is 48.8 Å². The molecular weight excluding hydrogens is 278 g/mol. The molecule has 90 valence electrons. The van der Waals surface area contributed by atoms with Gasteiger partial charge in [0.2, 0.25) is 0 Å². The third-order valence-electron chi connectivity index (χ3n) is 3.04. The van der Waals surface area contributed by atoms with Crippen LogP contribution in [0, 0.1) is 23.2 Å². The van der Waals surface area contributed by atoms with E-state index in [1.54, 1.807) is 0 Å². The first kappa shape index (κ1) is 13.9. The van der Waals surface area contributed by atoms with Crippen LogP contribution >= 0.6 is 15.9 Å².